The molecule has 2 heterocycles. The maximum Gasteiger partial charge on any atom is 0.249 e. The van der Waals surface area contributed by atoms with E-state index in [0.29, 0.717) is 23.9 Å². The molecule has 2 aromatic rings. The molecule has 1 aromatic carbocycles. The number of fused-ring (bicyclic) bond motifs is 2. The second-order valence-electron chi connectivity index (χ2n) is 10.3. The van der Waals surface area contributed by atoms with Gasteiger partial charge in [-0.05, 0) is 36.7 Å². The summed E-state index contributed by atoms with van der Waals surface area (Å²) >= 11 is 1.36. The predicted octanol–water partition coefficient (Wildman–Crippen LogP) is 4.80. The Hall–Kier alpha value is -2.61. The number of carbonyl (C=O) groups is 3. The number of carbonyl (C=O) groups excluding carboxylic acids is 3. The summed E-state index contributed by atoms with van der Waals surface area (Å²) in [6.45, 7) is 10.2. The Labute approximate surface area is 205 Å². The van der Waals surface area contributed by atoms with Crippen molar-refractivity contribution in [3.8, 4) is 0 Å². The quantitative estimate of drug-likeness (QED) is 0.546. The molecule has 3 atom stereocenters. The van der Waals surface area contributed by atoms with Crippen LogP contribution in [0, 0.1) is 16.7 Å². The van der Waals surface area contributed by atoms with Crippen LogP contribution in [0.25, 0.3) is 0 Å². The van der Waals surface area contributed by atoms with E-state index in [1.54, 1.807) is 0 Å². The number of amides is 3. The Balaban J connectivity index is 1.66. The summed E-state index contributed by atoms with van der Waals surface area (Å²) in [5, 5.41) is 12.6. The lowest BCUT2D eigenvalue weighted by Gasteiger charge is -2.49. The second kappa shape index (κ2) is 9.21. The molecule has 1 aliphatic heterocycles. The standard InChI is InChI=1S/C26H34N4O3S/c1-6-17(7-2)21-28-29-24(34-21)27-20(31)19(15-16-11-9-8-10-12-16)30-22(32)18-13-14-26(5,23(30)33)25(18,3)4/h8-12,17-19H,6-7,13-15H2,1-5H3,(H,27,29,31). The summed E-state index contributed by atoms with van der Waals surface area (Å²) in [7, 11) is 0. The summed E-state index contributed by atoms with van der Waals surface area (Å²) < 4.78 is 0. The molecule has 3 unspecified atom stereocenters. The van der Waals surface area contributed by atoms with Gasteiger partial charge in [-0.25, -0.2) is 0 Å². The van der Waals surface area contributed by atoms with E-state index in [9.17, 15) is 14.4 Å². The van der Waals surface area contributed by atoms with Gasteiger partial charge in [0, 0.05) is 18.3 Å². The fourth-order valence-corrected chi connectivity index (χ4v) is 6.57. The summed E-state index contributed by atoms with van der Waals surface area (Å²) in [4.78, 5) is 42.3. The first-order chi connectivity index (χ1) is 16.1. The van der Waals surface area contributed by atoms with E-state index in [1.165, 1.54) is 16.2 Å². The van der Waals surface area contributed by atoms with Gasteiger partial charge in [-0.2, -0.15) is 0 Å². The van der Waals surface area contributed by atoms with Crippen LogP contribution in [0.1, 0.15) is 76.8 Å². The number of hydrogen-bond acceptors (Lipinski definition) is 6. The molecule has 182 valence electrons. The molecule has 0 radical (unpaired) electrons. The molecule has 3 amide bonds. The SMILES string of the molecule is CCC(CC)c1nnc(NC(=O)C(Cc2ccccc2)N2C(=O)C3CCC(C)(C2=O)C3(C)C)s1. The molecule has 8 heteroatoms. The number of rotatable bonds is 8. The van der Waals surface area contributed by atoms with E-state index in [-0.39, 0.29) is 24.2 Å². The molecule has 4 rings (SSSR count). The minimum absolute atomic E-state index is 0.240. The van der Waals surface area contributed by atoms with Crippen LogP contribution >= 0.6 is 11.3 Å². The van der Waals surface area contributed by atoms with Crippen molar-refractivity contribution in [2.24, 2.45) is 16.7 Å². The summed E-state index contributed by atoms with van der Waals surface area (Å²) in [6.07, 6.45) is 3.47. The number of likely N-dealkylation sites (tertiary alicyclic amines) is 1. The van der Waals surface area contributed by atoms with Crippen LogP contribution in [0.2, 0.25) is 0 Å². The first kappa shape index (κ1) is 24.5. The van der Waals surface area contributed by atoms with Gasteiger partial charge in [0.15, 0.2) is 0 Å². The smallest absolute Gasteiger partial charge is 0.249 e. The largest absolute Gasteiger partial charge is 0.299 e. The van der Waals surface area contributed by atoms with Gasteiger partial charge in [-0.15, -0.1) is 10.2 Å². The molecule has 1 aliphatic carbocycles. The minimum Gasteiger partial charge on any atom is -0.299 e. The molecule has 2 bridgehead atoms. The lowest BCUT2D eigenvalue weighted by Crippen LogP contribution is -2.64. The van der Waals surface area contributed by atoms with E-state index >= 15 is 0 Å². The van der Waals surface area contributed by atoms with E-state index < -0.39 is 22.8 Å². The Kier molecular flexibility index (Phi) is 6.64. The number of aromatic nitrogens is 2. The maximum absolute atomic E-state index is 13.8. The Morgan fingerprint density at radius 2 is 1.82 bits per heavy atom. The first-order valence-electron chi connectivity index (χ1n) is 12.2. The molecule has 2 aliphatic rings. The van der Waals surface area contributed by atoms with Crippen molar-refractivity contribution in [3.63, 3.8) is 0 Å². The average molecular weight is 483 g/mol. The molecular formula is C26H34N4O3S. The predicted molar refractivity (Wildman–Crippen MR) is 132 cm³/mol. The molecule has 1 N–H and O–H groups in total. The molecule has 2 fully saturated rings. The van der Waals surface area contributed by atoms with Crippen LogP contribution in [0.3, 0.4) is 0 Å². The molecule has 34 heavy (non-hydrogen) atoms. The highest BCUT2D eigenvalue weighted by atomic mass is 32.1. The van der Waals surface area contributed by atoms with Crippen molar-refractivity contribution in [3.05, 3.63) is 40.9 Å². The van der Waals surface area contributed by atoms with Crippen LogP contribution in [-0.4, -0.2) is 38.9 Å². The second-order valence-corrected chi connectivity index (χ2v) is 11.3. The molecular weight excluding hydrogens is 448 g/mol. The summed E-state index contributed by atoms with van der Waals surface area (Å²) in [5.41, 5.74) is -0.221. The zero-order valence-electron chi connectivity index (χ0n) is 20.6. The number of benzene rings is 1. The van der Waals surface area contributed by atoms with Crippen molar-refractivity contribution in [1.82, 2.24) is 15.1 Å². The van der Waals surface area contributed by atoms with Crippen molar-refractivity contribution in [2.75, 3.05) is 5.32 Å². The van der Waals surface area contributed by atoms with Crippen molar-refractivity contribution in [1.29, 1.82) is 0 Å². The van der Waals surface area contributed by atoms with Gasteiger partial charge in [0.2, 0.25) is 22.9 Å². The fraction of sp³-hybridized carbons (Fsp3) is 0.577. The summed E-state index contributed by atoms with van der Waals surface area (Å²) in [6, 6.07) is 8.57. The number of imide groups is 1. The zero-order chi connectivity index (χ0) is 24.7. The number of nitrogens with zero attached hydrogens (tertiary/aromatic N) is 3. The van der Waals surface area contributed by atoms with Gasteiger partial charge in [0.1, 0.15) is 11.0 Å². The van der Waals surface area contributed by atoms with E-state index in [1.807, 2.05) is 51.1 Å². The van der Waals surface area contributed by atoms with E-state index in [2.05, 4.69) is 29.4 Å². The van der Waals surface area contributed by atoms with E-state index in [4.69, 9.17) is 0 Å². The Morgan fingerprint density at radius 1 is 1.15 bits per heavy atom. The van der Waals surface area contributed by atoms with Crippen LogP contribution in [0.5, 0.6) is 0 Å². The average Bonchev–Trinajstić information content (AvgIpc) is 3.33. The van der Waals surface area contributed by atoms with Crippen molar-refractivity contribution >= 4 is 34.2 Å². The highest BCUT2D eigenvalue weighted by Gasteiger charge is 2.65. The van der Waals surface area contributed by atoms with Crippen molar-refractivity contribution in [2.45, 2.75) is 78.7 Å². The van der Waals surface area contributed by atoms with Gasteiger partial charge in [-0.1, -0.05) is 76.3 Å². The highest BCUT2D eigenvalue weighted by molar-refractivity contribution is 7.15. The normalized spacial score (nSPS) is 24.5. The number of nitrogens with one attached hydrogen (secondary N) is 1. The van der Waals surface area contributed by atoms with Crippen LogP contribution in [0.15, 0.2) is 30.3 Å². The lowest BCUT2D eigenvalue weighted by molar-refractivity contribution is -0.172. The van der Waals surface area contributed by atoms with Crippen LogP contribution in [0.4, 0.5) is 5.13 Å². The van der Waals surface area contributed by atoms with E-state index in [0.717, 1.165) is 23.4 Å². The van der Waals surface area contributed by atoms with Gasteiger partial charge < -0.3 is 0 Å². The van der Waals surface area contributed by atoms with Gasteiger partial charge in [0.05, 0.1) is 5.41 Å². The third-order valence-corrected chi connectivity index (χ3v) is 9.35. The third-order valence-electron chi connectivity index (χ3n) is 8.34. The van der Waals surface area contributed by atoms with Crippen LogP contribution in [-0.2, 0) is 20.8 Å². The summed E-state index contributed by atoms with van der Waals surface area (Å²) in [5.74, 6) is -0.866. The Bertz CT molecular complexity index is 1080. The fourth-order valence-electron chi connectivity index (χ4n) is 5.56. The lowest BCUT2D eigenvalue weighted by atomic mass is 9.62. The van der Waals surface area contributed by atoms with Gasteiger partial charge in [0.25, 0.3) is 0 Å². The maximum atomic E-state index is 13.8. The topological polar surface area (TPSA) is 92.3 Å². The minimum atomic E-state index is -0.945. The van der Waals surface area contributed by atoms with Gasteiger partial charge in [-0.3, -0.25) is 24.6 Å². The number of anilines is 1. The third kappa shape index (κ3) is 3.96. The van der Waals surface area contributed by atoms with Crippen LogP contribution < -0.4 is 5.32 Å². The zero-order valence-corrected chi connectivity index (χ0v) is 21.4. The molecule has 7 nitrogen and oxygen atoms in total. The molecule has 0 spiro atoms. The highest BCUT2D eigenvalue weighted by Crippen LogP contribution is 2.60. The van der Waals surface area contributed by atoms with Crippen molar-refractivity contribution < 1.29 is 14.4 Å². The Morgan fingerprint density at radius 3 is 2.47 bits per heavy atom. The number of piperidine rings is 1. The molecule has 1 saturated heterocycles. The van der Waals surface area contributed by atoms with Gasteiger partial charge >= 0.3 is 0 Å². The first-order valence-corrected chi connectivity index (χ1v) is 13.0. The monoisotopic (exact) mass is 482 g/mol. The molecule has 1 saturated carbocycles. The number of hydrogen-bond donors (Lipinski definition) is 1. The molecule has 1 aromatic heterocycles.